The lowest BCUT2D eigenvalue weighted by atomic mass is 10.3. The van der Waals surface area contributed by atoms with E-state index in [2.05, 4.69) is 0 Å². The highest BCUT2D eigenvalue weighted by atomic mass is 31.3. The molecule has 12 heteroatoms. The summed E-state index contributed by atoms with van der Waals surface area (Å²) in [4.78, 5) is 53.9. The standard InChI is InChI=1S/C5H13O9P3/c1-3-4(2)5(15(6,7)8,16(9,10)11)17(12,13)14/h3H,1-2H3,(H2,6,7,8)(H2,9,10,11)(H2,12,13,14). The van der Waals surface area contributed by atoms with Gasteiger partial charge in [-0.3, -0.25) is 13.7 Å². The van der Waals surface area contributed by atoms with Gasteiger partial charge in [-0.05, 0) is 19.4 Å². The SMILES string of the molecule is CC=C(C)C(P(=O)(O)O)(P(=O)(O)O)P(=O)(O)O. The fourth-order valence-corrected chi connectivity index (χ4v) is 7.23. The van der Waals surface area contributed by atoms with Gasteiger partial charge in [0.25, 0.3) is 4.64 Å². The van der Waals surface area contributed by atoms with Crippen molar-refractivity contribution in [1.82, 2.24) is 0 Å². The van der Waals surface area contributed by atoms with Crippen molar-refractivity contribution in [2.24, 2.45) is 0 Å². The summed E-state index contributed by atoms with van der Waals surface area (Å²) in [5.74, 6) is 0. The van der Waals surface area contributed by atoms with Crippen LogP contribution in [0.25, 0.3) is 0 Å². The van der Waals surface area contributed by atoms with Crippen molar-refractivity contribution < 1.29 is 43.1 Å². The molecule has 0 aromatic heterocycles. The van der Waals surface area contributed by atoms with E-state index in [9.17, 15) is 13.7 Å². The number of hydrogen-bond donors (Lipinski definition) is 6. The minimum atomic E-state index is -5.82. The minimum absolute atomic E-state index is 0.771. The molecule has 9 nitrogen and oxygen atoms in total. The van der Waals surface area contributed by atoms with E-state index in [1.807, 2.05) is 0 Å². The Morgan fingerprint density at radius 2 is 1.12 bits per heavy atom. The molecule has 102 valence electrons. The molecule has 0 fully saturated rings. The Morgan fingerprint density at radius 3 is 1.18 bits per heavy atom. The highest BCUT2D eigenvalue weighted by Crippen LogP contribution is 2.85. The van der Waals surface area contributed by atoms with Crippen LogP contribution < -0.4 is 0 Å². The van der Waals surface area contributed by atoms with Crippen molar-refractivity contribution in [2.45, 2.75) is 18.5 Å². The first kappa shape index (κ1) is 17.2. The Hall–Kier alpha value is 0.190. The Morgan fingerprint density at radius 1 is 0.882 bits per heavy atom. The fourth-order valence-electron chi connectivity index (χ4n) is 1.39. The van der Waals surface area contributed by atoms with Gasteiger partial charge in [-0.25, -0.2) is 0 Å². The minimum Gasteiger partial charge on any atom is -0.323 e. The Kier molecular flexibility index (Phi) is 4.75. The first-order valence-electron chi connectivity index (χ1n) is 4.03. The van der Waals surface area contributed by atoms with Gasteiger partial charge >= 0.3 is 22.8 Å². The summed E-state index contributed by atoms with van der Waals surface area (Å²) in [7, 11) is -17.5. The topological polar surface area (TPSA) is 173 Å². The van der Waals surface area contributed by atoms with E-state index < -0.39 is 33.0 Å². The zero-order chi connectivity index (χ0) is 14.3. The van der Waals surface area contributed by atoms with Gasteiger partial charge in [-0.15, -0.1) is 0 Å². The van der Waals surface area contributed by atoms with Crippen LogP contribution in [0.4, 0.5) is 0 Å². The van der Waals surface area contributed by atoms with Crippen LogP contribution in [-0.2, 0) is 13.7 Å². The number of hydrogen-bond acceptors (Lipinski definition) is 3. The third-order valence-corrected chi connectivity index (χ3v) is 10.4. The molecule has 0 amide bonds. The third kappa shape index (κ3) is 2.63. The molecule has 0 aliphatic heterocycles. The molecule has 0 unspecified atom stereocenters. The Labute approximate surface area is 96.7 Å². The normalized spacial score (nSPS) is 16.1. The first-order valence-corrected chi connectivity index (χ1v) is 8.87. The zero-order valence-corrected chi connectivity index (χ0v) is 11.5. The maximum Gasteiger partial charge on any atom is 0.360 e. The molecule has 0 aliphatic carbocycles. The van der Waals surface area contributed by atoms with Gasteiger partial charge < -0.3 is 29.4 Å². The third-order valence-electron chi connectivity index (χ3n) is 2.18. The van der Waals surface area contributed by atoms with Crippen LogP contribution in [0.1, 0.15) is 13.8 Å². The second-order valence-electron chi connectivity index (χ2n) is 3.24. The lowest BCUT2D eigenvalue weighted by molar-refractivity contribution is 0.310. The smallest absolute Gasteiger partial charge is 0.323 e. The predicted octanol–water partition coefficient (Wildman–Crippen LogP) is 0.139. The summed E-state index contributed by atoms with van der Waals surface area (Å²) >= 11 is 0. The molecule has 0 spiro atoms. The first-order chi connectivity index (χ1) is 7.23. The summed E-state index contributed by atoms with van der Waals surface area (Å²) in [5.41, 5.74) is -0.771. The molecule has 0 atom stereocenters. The van der Waals surface area contributed by atoms with Crippen molar-refractivity contribution in [3.8, 4) is 0 Å². The lowest BCUT2D eigenvalue weighted by Gasteiger charge is -2.35. The van der Waals surface area contributed by atoms with Crippen molar-refractivity contribution in [3.63, 3.8) is 0 Å². The van der Waals surface area contributed by atoms with E-state index in [1.165, 1.54) is 0 Å². The van der Waals surface area contributed by atoms with E-state index >= 15 is 0 Å². The monoisotopic (exact) mass is 310 g/mol. The fraction of sp³-hybridized carbons (Fsp3) is 0.600. The van der Waals surface area contributed by atoms with Crippen LogP contribution in [-0.4, -0.2) is 34.0 Å². The maximum absolute atomic E-state index is 11.2. The summed E-state index contributed by atoms with van der Waals surface area (Å²) in [5, 5.41) is 0. The van der Waals surface area contributed by atoms with Crippen LogP contribution >= 0.6 is 22.8 Å². The number of rotatable bonds is 4. The summed E-state index contributed by atoms with van der Waals surface area (Å²) in [6.07, 6.45) is 0.831. The largest absolute Gasteiger partial charge is 0.360 e. The van der Waals surface area contributed by atoms with Gasteiger partial charge in [0.2, 0.25) is 0 Å². The molecular formula is C5H13O9P3. The van der Waals surface area contributed by atoms with Gasteiger partial charge in [0.05, 0.1) is 0 Å². The molecule has 0 aromatic carbocycles. The second-order valence-corrected chi connectivity index (χ2v) is 9.57. The van der Waals surface area contributed by atoms with E-state index in [0.29, 0.717) is 0 Å². The molecule has 0 radical (unpaired) electrons. The van der Waals surface area contributed by atoms with Crippen LogP contribution in [0.3, 0.4) is 0 Å². The van der Waals surface area contributed by atoms with Crippen molar-refractivity contribution in [1.29, 1.82) is 0 Å². The van der Waals surface area contributed by atoms with Crippen LogP contribution in [0.2, 0.25) is 0 Å². The van der Waals surface area contributed by atoms with Crippen molar-refractivity contribution in [3.05, 3.63) is 11.6 Å². The van der Waals surface area contributed by atoms with Crippen molar-refractivity contribution in [2.75, 3.05) is 0 Å². The van der Waals surface area contributed by atoms with Gasteiger partial charge in [-0.1, -0.05) is 6.08 Å². The van der Waals surface area contributed by atoms with Crippen LogP contribution in [0.5, 0.6) is 0 Å². The average molecular weight is 310 g/mol. The molecule has 0 aliphatic rings. The predicted molar refractivity (Wildman–Crippen MR) is 58.3 cm³/mol. The molecule has 0 heterocycles. The van der Waals surface area contributed by atoms with Gasteiger partial charge in [0.15, 0.2) is 0 Å². The summed E-state index contributed by atoms with van der Waals surface area (Å²) < 4.78 is 29.8. The molecular weight excluding hydrogens is 297 g/mol. The molecule has 6 N–H and O–H groups in total. The lowest BCUT2D eigenvalue weighted by Crippen LogP contribution is -2.30. The zero-order valence-electron chi connectivity index (χ0n) is 8.83. The average Bonchev–Trinajstić information content (AvgIpc) is 1.95. The highest BCUT2D eigenvalue weighted by molar-refractivity contribution is 7.89. The second kappa shape index (κ2) is 4.70. The summed E-state index contributed by atoms with van der Waals surface area (Å²) in [6.45, 7) is 1.97. The summed E-state index contributed by atoms with van der Waals surface area (Å²) in [6, 6.07) is 0. The van der Waals surface area contributed by atoms with Crippen LogP contribution in [0, 0.1) is 0 Å². The van der Waals surface area contributed by atoms with E-state index in [-0.39, 0.29) is 0 Å². The van der Waals surface area contributed by atoms with E-state index in [4.69, 9.17) is 29.4 Å². The van der Waals surface area contributed by atoms with Crippen LogP contribution in [0.15, 0.2) is 11.6 Å². The molecule has 0 aromatic rings. The Balaban J connectivity index is 6.70. The van der Waals surface area contributed by atoms with Gasteiger partial charge in [-0.2, -0.15) is 0 Å². The maximum atomic E-state index is 11.2. The molecule has 0 bridgehead atoms. The van der Waals surface area contributed by atoms with Gasteiger partial charge in [0.1, 0.15) is 0 Å². The Bertz CT molecular complexity index is 406. The molecule has 0 rings (SSSR count). The van der Waals surface area contributed by atoms with E-state index in [1.54, 1.807) is 0 Å². The molecule has 17 heavy (non-hydrogen) atoms. The molecule has 0 saturated heterocycles. The highest BCUT2D eigenvalue weighted by Gasteiger charge is 2.72. The van der Waals surface area contributed by atoms with Gasteiger partial charge in [0, 0.05) is 0 Å². The quantitative estimate of drug-likeness (QED) is 0.312. The molecule has 0 saturated carbocycles. The van der Waals surface area contributed by atoms with E-state index in [0.717, 1.165) is 19.9 Å². The van der Waals surface area contributed by atoms with Crippen molar-refractivity contribution >= 4 is 22.8 Å². The number of allylic oxidation sites excluding steroid dienone is 2.